The Balaban J connectivity index is 2.86. The second-order valence-corrected chi connectivity index (χ2v) is 2.83. The predicted molar refractivity (Wildman–Crippen MR) is 47.4 cm³/mol. The molecule has 1 aromatic rings. The van der Waals surface area contributed by atoms with E-state index in [2.05, 4.69) is 0 Å². The molecule has 2 nitrogen and oxygen atoms in total. The van der Waals surface area contributed by atoms with Crippen LogP contribution in [0.25, 0.3) is 0 Å². The van der Waals surface area contributed by atoms with Crippen LogP contribution in [0.3, 0.4) is 0 Å². The van der Waals surface area contributed by atoms with Crippen molar-refractivity contribution in [2.24, 2.45) is 11.5 Å². The Morgan fingerprint density at radius 2 is 2.18 bits per heavy atom. The first kappa shape index (κ1) is 8.53. The Morgan fingerprint density at radius 3 is 2.73 bits per heavy atom. The minimum absolute atomic E-state index is 0.103. The molecule has 3 heteroatoms. The van der Waals surface area contributed by atoms with E-state index in [-0.39, 0.29) is 6.04 Å². The molecule has 4 N–H and O–H groups in total. The maximum absolute atomic E-state index is 5.75. The van der Waals surface area contributed by atoms with Crippen molar-refractivity contribution in [1.82, 2.24) is 0 Å². The molecule has 0 saturated carbocycles. The first-order valence-corrected chi connectivity index (χ1v) is 3.83. The van der Waals surface area contributed by atoms with Gasteiger partial charge in [0.05, 0.1) is 0 Å². The topological polar surface area (TPSA) is 52.0 Å². The molecule has 0 bridgehead atoms. The van der Waals surface area contributed by atoms with Crippen LogP contribution >= 0.6 is 11.6 Å². The lowest BCUT2D eigenvalue weighted by Crippen LogP contribution is -2.20. The summed E-state index contributed by atoms with van der Waals surface area (Å²) in [6.07, 6.45) is 0. The second kappa shape index (κ2) is 3.72. The van der Waals surface area contributed by atoms with E-state index in [9.17, 15) is 0 Å². The van der Waals surface area contributed by atoms with E-state index in [1.807, 2.05) is 24.3 Å². The number of halogens is 1. The number of hydrogen-bond acceptors (Lipinski definition) is 2. The minimum Gasteiger partial charge on any atom is -0.329 e. The fraction of sp³-hybridized carbons (Fsp3) is 0.250. The third-order valence-corrected chi connectivity index (χ3v) is 1.77. The standard InChI is InChI=1S/C8H11ClN2/c9-7-3-1-2-6(4-7)8(11)5-10/h1-4,8H,5,10-11H2. The van der Waals surface area contributed by atoms with Gasteiger partial charge in [-0.3, -0.25) is 0 Å². The molecule has 0 aliphatic rings. The van der Waals surface area contributed by atoms with Gasteiger partial charge >= 0.3 is 0 Å². The van der Waals surface area contributed by atoms with Gasteiger partial charge in [-0.2, -0.15) is 0 Å². The van der Waals surface area contributed by atoms with Gasteiger partial charge in [-0.05, 0) is 17.7 Å². The van der Waals surface area contributed by atoms with Gasteiger partial charge in [-0.25, -0.2) is 0 Å². The SMILES string of the molecule is NCC(N)c1cccc(Cl)c1. The summed E-state index contributed by atoms with van der Waals surface area (Å²) in [5, 5.41) is 0.700. The molecule has 60 valence electrons. The molecule has 1 atom stereocenters. The van der Waals surface area contributed by atoms with Crippen molar-refractivity contribution in [3.05, 3.63) is 34.9 Å². The highest BCUT2D eigenvalue weighted by molar-refractivity contribution is 6.30. The van der Waals surface area contributed by atoms with E-state index in [1.165, 1.54) is 0 Å². The van der Waals surface area contributed by atoms with Crippen LogP contribution < -0.4 is 11.5 Å². The minimum atomic E-state index is -0.103. The number of rotatable bonds is 2. The zero-order valence-corrected chi connectivity index (χ0v) is 6.88. The summed E-state index contributed by atoms with van der Waals surface area (Å²) in [6.45, 7) is 0.445. The van der Waals surface area contributed by atoms with Gasteiger partial charge in [0, 0.05) is 17.6 Å². The van der Waals surface area contributed by atoms with Crippen molar-refractivity contribution in [2.75, 3.05) is 6.54 Å². The van der Waals surface area contributed by atoms with Gasteiger partial charge < -0.3 is 11.5 Å². The van der Waals surface area contributed by atoms with Gasteiger partial charge in [0.2, 0.25) is 0 Å². The van der Waals surface area contributed by atoms with E-state index < -0.39 is 0 Å². The monoisotopic (exact) mass is 170 g/mol. The van der Waals surface area contributed by atoms with E-state index in [0.717, 1.165) is 5.56 Å². The quantitative estimate of drug-likeness (QED) is 0.703. The van der Waals surface area contributed by atoms with Crippen molar-refractivity contribution >= 4 is 11.6 Å². The summed E-state index contributed by atoms with van der Waals surface area (Å²) >= 11 is 5.75. The molecule has 0 amide bonds. The summed E-state index contributed by atoms with van der Waals surface area (Å²) in [5.41, 5.74) is 12.1. The van der Waals surface area contributed by atoms with Crippen LogP contribution in [0.5, 0.6) is 0 Å². The van der Waals surface area contributed by atoms with Gasteiger partial charge in [-0.15, -0.1) is 0 Å². The molecule has 1 unspecified atom stereocenters. The molecular formula is C8H11ClN2. The largest absolute Gasteiger partial charge is 0.329 e. The maximum atomic E-state index is 5.75. The number of benzene rings is 1. The smallest absolute Gasteiger partial charge is 0.0420 e. The van der Waals surface area contributed by atoms with Crippen molar-refractivity contribution in [3.63, 3.8) is 0 Å². The molecule has 1 rings (SSSR count). The molecule has 11 heavy (non-hydrogen) atoms. The van der Waals surface area contributed by atoms with Crippen molar-refractivity contribution < 1.29 is 0 Å². The normalized spacial score (nSPS) is 13.0. The molecule has 0 aliphatic carbocycles. The van der Waals surface area contributed by atoms with Crippen molar-refractivity contribution in [3.8, 4) is 0 Å². The van der Waals surface area contributed by atoms with Crippen LogP contribution in [0, 0.1) is 0 Å². The number of hydrogen-bond donors (Lipinski definition) is 2. The van der Waals surface area contributed by atoms with Gasteiger partial charge in [-0.1, -0.05) is 23.7 Å². The van der Waals surface area contributed by atoms with E-state index in [4.69, 9.17) is 23.1 Å². The molecular weight excluding hydrogens is 160 g/mol. The molecule has 0 radical (unpaired) electrons. The van der Waals surface area contributed by atoms with Crippen LogP contribution in [0.4, 0.5) is 0 Å². The van der Waals surface area contributed by atoms with Gasteiger partial charge in [0.15, 0.2) is 0 Å². The fourth-order valence-corrected chi connectivity index (χ4v) is 1.07. The summed E-state index contributed by atoms with van der Waals surface area (Å²) < 4.78 is 0. The molecule has 0 heterocycles. The highest BCUT2D eigenvalue weighted by Crippen LogP contribution is 2.14. The average Bonchev–Trinajstić information content (AvgIpc) is 2.03. The summed E-state index contributed by atoms with van der Waals surface area (Å²) in [6, 6.07) is 7.33. The molecule has 0 aromatic heterocycles. The number of nitrogens with two attached hydrogens (primary N) is 2. The van der Waals surface area contributed by atoms with Crippen molar-refractivity contribution in [2.45, 2.75) is 6.04 Å². The van der Waals surface area contributed by atoms with Crippen LogP contribution in [-0.2, 0) is 0 Å². The third-order valence-electron chi connectivity index (χ3n) is 1.53. The van der Waals surface area contributed by atoms with E-state index in [0.29, 0.717) is 11.6 Å². The maximum Gasteiger partial charge on any atom is 0.0420 e. The Bertz CT molecular complexity index is 237. The van der Waals surface area contributed by atoms with Gasteiger partial charge in [0.25, 0.3) is 0 Å². The van der Waals surface area contributed by atoms with Crippen LogP contribution in [0.15, 0.2) is 24.3 Å². The highest BCUT2D eigenvalue weighted by Gasteiger charge is 2.02. The molecule has 0 aliphatic heterocycles. The Hall–Kier alpha value is -0.570. The lowest BCUT2D eigenvalue weighted by molar-refractivity contribution is 0.737. The Morgan fingerprint density at radius 1 is 1.45 bits per heavy atom. The highest BCUT2D eigenvalue weighted by atomic mass is 35.5. The first-order valence-electron chi connectivity index (χ1n) is 3.45. The lowest BCUT2D eigenvalue weighted by Gasteiger charge is -2.08. The van der Waals surface area contributed by atoms with Crippen molar-refractivity contribution in [1.29, 1.82) is 0 Å². The van der Waals surface area contributed by atoms with Crippen LogP contribution in [-0.4, -0.2) is 6.54 Å². The predicted octanol–water partition coefficient (Wildman–Crippen LogP) is 1.30. The summed E-state index contributed by atoms with van der Waals surface area (Å²) in [5.74, 6) is 0. The Kier molecular flexibility index (Phi) is 2.88. The fourth-order valence-electron chi connectivity index (χ4n) is 0.873. The average molecular weight is 171 g/mol. The zero-order valence-electron chi connectivity index (χ0n) is 6.13. The third kappa shape index (κ3) is 2.19. The van der Waals surface area contributed by atoms with Gasteiger partial charge in [0.1, 0.15) is 0 Å². The van der Waals surface area contributed by atoms with E-state index >= 15 is 0 Å². The zero-order chi connectivity index (χ0) is 8.27. The Labute approximate surface area is 71.1 Å². The molecule has 0 spiro atoms. The first-order chi connectivity index (χ1) is 5.24. The van der Waals surface area contributed by atoms with Crippen LogP contribution in [0.1, 0.15) is 11.6 Å². The molecule has 0 saturated heterocycles. The lowest BCUT2D eigenvalue weighted by atomic mass is 10.1. The molecule has 0 fully saturated rings. The second-order valence-electron chi connectivity index (χ2n) is 2.40. The van der Waals surface area contributed by atoms with Crippen LogP contribution in [0.2, 0.25) is 5.02 Å². The summed E-state index contributed by atoms with van der Waals surface area (Å²) in [7, 11) is 0. The summed E-state index contributed by atoms with van der Waals surface area (Å²) in [4.78, 5) is 0. The van der Waals surface area contributed by atoms with E-state index in [1.54, 1.807) is 0 Å². The molecule has 1 aromatic carbocycles.